The Morgan fingerprint density at radius 3 is 2.21 bits per heavy atom. The van der Waals surface area contributed by atoms with Crippen LogP contribution in [0, 0.1) is 19.8 Å². The summed E-state index contributed by atoms with van der Waals surface area (Å²) in [7, 11) is 1.96. The van der Waals surface area contributed by atoms with Crippen molar-refractivity contribution in [1.29, 1.82) is 0 Å². The Balaban J connectivity index is 3.15. The summed E-state index contributed by atoms with van der Waals surface area (Å²) in [5, 5.41) is 4.38. The van der Waals surface area contributed by atoms with Crippen LogP contribution in [0.1, 0.15) is 36.8 Å². The van der Waals surface area contributed by atoms with Gasteiger partial charge in [0.2, 0.25) is 0 Å². The lowest BCUT2D eigenvalue weighted by molar-refractivity contribution is 0.417. The van der Waals surface area contributed by atoms with Gasteiger partial charge in [-0.3, -0.25) is 16.0 Å². The van der Waals surface area contributed by atoms with Gasteiger partial charge in [-0.15, -0.1) is 0 Å². The van der Waals surface area contributed by atoms with Crippen LogP contribution >= 0.6 is 0 Å². The number of nitrogens with two attached hydrogens (primary N) is 1. The maximum absolute atomic E-state index is 5.57. The van der Waals surface area contributed by atoms with E-state index in [1.165, 1.54) is 11.3 Å². The summed E-state index contributed by atoms with van der Waals surface area (Å²) in [6, 6.07) is 0.184. The van der Waals surface area contributed by atoms with Gasteiger partial charge < -0.3 is 0 Å². The van der Waals surface area contributed by atoms with Crippen LogP contribution in [0.4, 0.5) is 0 Å². The molecule has 1 unspecified atom stereocenters. The number of hydrazine groups is 1. The van der Waals surface area contributed by atoms with Crippen molar-refractivity contribution >= 4 is 0 Å². The molecule has 0 spiro atoms. The molecule has 4 heteroatoms. The van der Waals surface area contributed by atoms with Crippen LogP contribution in [0.25, 0.3) is 0 Å². The minimum Gasteiger partial charge on any atom is -0.272 e. The molecule has 0 radical (unpaired) electrons. The van der Waals surface area contributed by atoms with E-state index in [0.29, 0.717) is 5.92 Å². The molecule has 0 bridgehead atoms. The molecule has 3 N–H and O–H groups in total. The highest BCUT2D eigenvalue weighted by atomic mass is 15.3. The highest BCUT2D eigenvalue weighted by molar-refractivity contribution is 5.28. The molecule has 0 aromatic carbocycles. The van der Waals surface area contributed by atoms with Gasteiger partial charge in [-0.05, 0) is 19.8 Å². The highest BCUT2D eigenvalue weighted by Gasteiger charge is 2.21. The molecule has 4 nitrogen and oxygen atoms in total. The van der Waals surface area contributed by atoms with Crippen molar-refractivity contribution in [3.05, 3.63) is 17.0 Å². The largest absolute Gasteiger partial charge is 0.272 e. The van der Waals surface area contributed by atoms with E-state index in [4.69, 9.17) is 5.84 Å². The first-order valence-electron chi connectivity index (χ1n) is 4.95. The summed E-state index contributed by atoms with van der Waals surface area (Å²) in [4.78, 5) is 0. The summed E-state index contributed by atoms with van der Waals surface area (Å²) in [5.41, 5.74) is 6.32. The van der Waals surface area contributed by atoms with Crippen LogP contribution in [-0.2, 0) is 7.05 Å². The van der Waals surface area contributed by atoms with Gasteiger partial charge in [0, 0.05) is 18.3 Å². The summed E-state index contributed by atoms with van der Waals surface area (Å²) < 4.78 is 1.90. The zero-order valence-electron chi connectivity index (χ0n) is 9.63. The summed E-state index contributed by atoms with van der Waals surface area (Å²) in [6.45, 7) is 8.39. The molecule has 0 saturated heterocycles. The molecular formula is C10H20N4. The van der Waals surface area contributed by atoms with Crippen molar-refractivity contribution < 1.29 is 0 Å². The monoisotopic (exact) mass is 196 g/mol. The van der Waals surface area contributed by atoms with Crippen LogP contribution < -0.4 is 11.3 Å². The number of aromatic nitrogens is 2. The minimum absolute atomic E-state index is 0.184. The molecule has 1 aromatic rings. The quantitative estimate of drug-likeness (QED) is 0.564. The van der Waals surface area contributed by atoms with Crippen LogP contribution in [-0.4, -0.2) is 9.78 Å². The van der Waals surface area contributed by atoms with Gasteiger partial charge in [0.25, 0.3) is 0 Å². The number of nitrogens with zero attached hydrogens (tertiary/aromatic N) is 2. The van der Waals surface area contributed by atoms with Crippen molar-refractivity contribution in [2.45, 2.75) is 33.7 Å². The Kier molecular flexibility index (Phi) is 3.29. The Morgan fingerprint density at radius 1 is 1.36 bits per heavy atom. The zero-order valence-corrected chi connectivity index (χ0v) is 9.63. The van der Waals surface area contributed by atoms with E-state index >= 15 is 0 Å². The Morgan fingerprint density at radius 2 is 1.93 bits per heavy atom. The summed E-state index contributed by atoms with van der Waals surface area (Å²) in [5.74, 6) is 6.03. The fourth-order valence-corrected chi connectivity index (χ4v) is 1.85. The van der Waals surface area contributed by atoms with Crippen molar-refractivity contribution in [2.24, 2.45) is 18.8 Å². The molecule has 0 fully saturated rings. The predicted octanol–water partition coefficient (Wildman–Crippen LogP) is 1.20. The fourth-order valence-electron chi connectivity index (χ4n) is 1.85. The maximum atomic E-state index is 5.57. The second kappa shape index (κ2) is 4.11. The molecule has 0 aliphatic rings. The summed E-state index contributed by atoms with van der Waals surface area (Å²) in [6.07, 6.45) is 0. The first kappa shape index (κ1) is 11.2. The van der Waals surface area contributed by atoms with E-state index in [1.54, 1.807) is 0 Å². The molecular weight excluding hydrogens is 176 g/mol. The van der Waals surface area contributed by atoms with Crippen LogP contribution in [0.3, 0.4) is 0 Å². The van der Waals surface area contributed by atoms with Crippen molar-refractivity contribution in [2.75, 3.05) is 0 Å². The van der Waals surface area contributed by atoms with Gasteiger partial charge in [-0.25, -0.2) is 0 Å². The standard InChI is InChI=1S/C10H20N4/c1-6(2)10(12-11)9-7(3)13-14(5)8(9)4/h6,10,12H,11H2,1-5H3. The van der Waals surface area contributed by atoms with Crippen molar-refractivity contribution in [3.63, 3.8) is 0 Å². The van der Waals surface area contributed by atoms with Gasteiger partial charge in [0.05, 0.1) is 11.7 Å². The Bertz CT molecular complexity index is 314. The van der Waals surface area contributed by atoms with E-state index in [2.05, 4.69) is 31.3 Å². The van der Waals surface area contributed by atoms with Gasteiger partial charge in [0.15, 0.2) is 0 Å². The maximum Gasteiger partial charge on any atom is 0.0644 e. The van der Waals surface area contributed by atoms with E-state index in [1.807, 2.05) is 18.7 Å². The fraction of sp³-hybridized carbons (Fsp3) is 0.700. The Hall–Kier alpha value is -0.870. The number of rotatable bonds is 3. The molecule has 0 amide bonds. The third-order valence-corrected chi connectivity index (χ3v) is 2.72. The number of nitrogens with one attached hydrogen (secondary N) is 1. The molecule has 1 atom stereocenters. The molecule has 0 aliphatic carbocycles. The molecule has 1 heterocycles. The van der Waals surface area contributed by atoms with Gasteiger partial charge in [-0.1, -0.05) is 13.8 Å². The molecule has 1 aromatic heterocycles. The predicted molar refractivity (Wildman–Crippen MR) is 57.6 cm³/mol. The number of hydrogen-bond donors (Lipinski definition) is 2. The normalized spacial score (nSPS) is 13.6. The van der Waals surface area contributed by atoms with Crippen molar-refractivity contribution in [1.82, 2.24) is 15.2 Å². The zero-order chi connectivity index (χ0) is 10.9. The average molecular weight is 196 g/mol. The minimum atomic E-state index is 0.184. The summed E-state index contributed by atoms with van der Waals surface area (Å²) >= 11 is 0. The van der Waals surface area contributed by atoms with E-state index in [9.17, 15) is 0 Å². The van der Waals surface area contributed by atoms with Crippen LogP contribution in [0.5, 0.6) is 0 Å². The second-order valence-electron chi connectivity index (χ2n) is 4.10. The molecule has 14 heavy (non-hydrogen) atoms. The second-order valence-corrected chi connectivity index (χ2v) is 4.10. The molecule has 80 valence electrons. The third kappa shape index (κ3) is 1.81. The highest BCUT2D eigenvalue weighted by Crippen LogP contribution is 2.26. The van der Waals surface area contributed by atoms with E-state index < -0.39 is 0 Å². The lowest BCUT2D eigenvalue weighted by atomic mass is 9.95. The van der Waals surface area contributed by atoms with Gasteiger partial charge in [-0.2, -0.15) is 5.10 Å². The van der Waals surface area contributed by atoms with Crippen molar-refractivity contribution in [3.8, 4) is 0 Å². The lowest BCUT2D eigenvalue weighted by Gasteiger charge is -2.20. The van der Waals surface area contributed by atoms with E-state index in [0.717, 1.165) is 5.69 Å². The Labute approximate surface area is 85.5 Å². The SMILES string of the molecule is Cc1nn(C)c(C)c1C(NN)C(C)C. The molecule has 1 rings (SSSR count). The van der Waals surface area contributed by atoms with Gasteiger partial charge >= 0.3 is 0 Å². The van der Waals surface area contributed by atoms with E-state index in [-0.39, 0.29) is 6.04 Å². The first-order valence-corrected chi connectivity index (χ1v) is 4.95. The smallest absolute Gasteiger partial charge is 0.0644 e. The molecule has 0 saturated carbocycles. The number of aryl methyl sites for hydroxylation is 2. The lowest BCUT2D eigenvalue weighted by Crippen LogP contribution is -2.32. The first-order chi connectivity index (χ1) is 6.49. The number of hydrogen-bond acceptors (Lipinski definition) is 3. The van der Waals surface area contributed by atoms with Crippen LogP contribution in [0.15, 0.2) is 0 Å². The van der Waals surface area contributed by atoms with Crippen LogP contribution in [0.2, 0.25) is 0 Å². The molecule has 0 aliphatic heterocycles. The topological polar surface area (TPSA) is 55.9 Å². The third-order valence-electron chi connectivity index (χ3n) is 2.72. The van der Waals surface area contributed by atoms with Gasteiger partial charge in [0.1, 0.15) is 0 Å². The average Bonchev–Trinajstić information content (AvgIpc) is 2.32.